The zero-order chi connectivity index (χ0) is 15.2. The van der Waals surface area contributed by atoms with Crippen LogP contribution in [0.15, 0.2) is 48.5 Å². The third kappa shape index (κ3) is 4.17. The normalized spacial score (nSPS) is 12.0. The summed E-state index contributed by atoms with van der Waals surface area (Å²) < 4.78 is 0. The number of aryl methyl sites for hydroxylation is 1. The molecule has 0 aliphatic carbocycles. The number of hydrogen-bond donors (Lipinski definition) is 2. The molecule has 0 aromatic heterocycles. The Morgan fingerprint density at radius 3 is 2.48 bits per heavy atom. The van der Waals surface area contributed by atoms with Crippen LogP contribution in [0.2, 0.25) is 0 Å². The van der Waals surface area contributed by atoms with Gasteiger partial charge in [0.2, 0.25) is 0 Å². The molecule has 0 aliphatic rings. The highest BCUT2D eigenvalue weighted by Crippen LogP contribution is 2.16. The molecule has 21 heavy (non-hydrogen) atoms. The van der Waals surface area contributed by atoms with E-state index in [0.717, 1.165) is 17.8 Å². The molecule has 1 amide bonds. The molecule has 0 aliphatic heterocycles. The molecule has 110 valence electrons. The first-order valence-corrected chi connectivity index (χ1v) is 7.31. The predicted molar refractivity (Wildman–Crippen MR) is 87.7 cm³/mol. The zero-order valence-corrected chi connectivity index (χ0v) is 12.8. The Morgan fingerprint density at radius 1 is 1.14 bits per heavy atom. The molecule has 2 rings (SSSR count). The first-order chi connectivity index (χ1) is 10.1. The molecule has 1 atom stereocenters. The standard InChI is InChI=1S/C18H22N2O/c1-4-19-14(3)15-8-10-17(11-9-15)20-18(21)16-7-5-6-13(2)12-16/h5-12,14,19H,4H2,1-3H3,(H,20,21). The zero-order valence-electron chi connectivity index (χ0n) is 12.8. The van der Waals surface area contributed by atoms with Gasteiger partial charge in [0.15, 0.2) is 0 Å². The Labute approximate surface area is 126 Å². The Bertz CT molecular complexity index is 605. The van der Waals surface area contributed by atoms with Crippen LogP contribution in [0.4, 0.5) is 5.69 Å². The van der Waals surface area contributed by atoms with Gasteiger partial charge in [-0.1, -0.05) is 36.8 Å². The van der Waals surface area contributed by atoms with Crippen LogP contribution in [0.1, 0.15) is 41.4 Å². The van der Waals surface area contributed by atoms with Gasteiger partial charge in [-0.3, -0.25) is 4.79 Å². The summed E-state index contributed by atoms with van der Waals surface area (Å²) in [5.41, 5.74) is 3.79. The number of carbonyl (C=O) groups excluding carboxylic acids is 1. The molecule has 0 heterocycles. The van der Waals surface area contributed by atoms with Crippen molar-refractivity contribution in [2.75, 3.05) is 11.9 Å². The van der Waals surface area contributed by atoms with Crippen molar-refractivity contribution >= 4 is 11.6 Å². The molecule has 3 heteroatoms. The second-order valence-electron chi connectivity index (χ2n) is 5.22. The lowest BCUT2D eigenvalue weighted by Gasteiger charge is -2.13. The molecule has 0 radical (unpaired) electrons. The summed E-state index contributed by atoms with van der Waals surface area (Å²) >= 11 is 0. The molecule has 3 nitrogen and oxygen atoms in total. The van der Waals surface area contributed by atoms with Gasteiger partial charge in [0.25, 0.3) is 5.91 Å². The minimum Gasteiger partial charge on any atom is -0.322 e. The van der Waals surface area contributed by atoms with Crippen molar-refractivity contribution in [3.05, 3.63) is 65.2 Å². The number of hydrogen-bond acceptors (Lipinski definition) is 2. The molecule has 0 spiro atoms. The smallest absolute Gasteiger partial charge is 0.255 e. The van der Waals surface area contributed by atoms with Crippen LogP contribution >= 0.6 is 0 Å². The molecule has 0 saturated heterocycles. The van der Waals surface area contributed by atoms with E-state index in [1.54, 1.807) is 0 Å². The van der Waals surface area contributed by atoms with Crippen LogP contribution < -0.4 is 10.6 Å². The Hall–Kier alpha value is -2.13. The number of rotatable bonds is 5. The molecule has 2 aromatic carbocycles. The Morgan fingerprint density at radius 2 is 1.86 bits per heavy atom. The lowest BCUT2D eigenvalue weighted by atomic mass is 10.1. The van der Waals surface area contributed by atoms with Gasteiger partial charge in [0.1, 0.15) is 0 Å². The lowest BCUT2D eigenvalue weighted by Crippen LogP contribution is -2.17. The highest BCUT2D eigenvalue weighted by atomic mass is 16.1. The first-order valence-electron chi connectivity index (χ1n) is 7.31. The van der Waals surface area contributed by atoms with Crippen molar-refractivity contribution in [1.29, 1.82) is 0 Å². The predicted octanol–water partition coefficient (Wildman–Crippen LogP) is 3.92. The molecule has 2 aromatic rings. The van der Waals surface area contributed by atoms with Crippen molar-refractivity contribution in [3.63, 3.8) is 0 Å². The van der Waals surface area contributed by atoms with E-state index in [4.69, 9.17) is 0 Å². The van der Waals surface area contributed by atoms with E-state index in [2.05, 4.69) is 24.5 Å². The van der Waals surface area contributed by atoms with Crippen LogP contribution in [0.3, 0.4) is 0 Å². The van der Waals surface area contributed by atoms with Crippen molar-refractivity contribution in [2.45, 2.75) is 26.8 Å². The average molecular weight is 282 g/mol. The van der Waals surface area contributed by atoms with Crippen molar-refractivity contribution in [3.8, 4) is 0 Å². The van der Waals surface area contributed by atoms with Crippen LogP contribution in [0, 0.1) is 6.92 Å². The monoisotopic (exact) mass is 282 g/mol. The maximum Gasteiger partial charge on any atom is 0.255 e. The third-order valence-electron chi connectivity index (χ3n) is 3.46. The maximum atomic E-state index is 12.2. The number of amides is 1. The fourth-order valence-electron chi connectivity index (χ4n) is 2.27. The average Bonchev–Trinajstić information content (AvgIpc) is 2.48. The van der Waals surface area contributed by atoms with Crippen molar-refractivity contribution < 1.29 is 4.79 Å². The number of carbonyl (C=O) groups is 1. The highest BCUT2D eigenvalue weighted by Gasteiger charge is 2.07. The van der Waals surface area contributed by atoms with E-state index >= 15 is 0 Å². The fourth-order valence-corrected chi connectivity index (χ4v) is 2.27. The molecular formula is C18H22N2O. The second kappa shape index (κ2) is 7.04. The summed E-state index contributed by atoms with van der Waals surface area (Å²) in [5, 5.41) is 6.29. The fraction of sp³-hybridized carbons (Fsp3) is 0.278. The van der Waals surface area contributed by atoms with E-state index in [-0.39, 0.29) is 5.91 Å². The minimum absolute atomic E-state index is 0.0776. The summed E-state index contributed by atoms with van der Waals surface area (Å²) in [4.78, 5) is 12.2. The van der Waals surface area contributed by atoms with Gasteiger partial charge < -0.3 is 10.6 Å². The van der Waals surface area contributed by atoms with Crippen LogP contribution in [0.25, 0.3) is 0 Å². The lowest BCUT2D eigenvalue weighted by molar-refractivity contribution is 0.102. The molecular weight excluding hydrogens is 260 g/mol. The van der Waals surface area contributed by atoms with E-state index in [9.17, 15) is 4.79 Å². The summed E-state index contributed by atoms with van der Waals surface area (Å²) in [6.45, 7) is 7.14. The van der Waals surface area contributed by atoms with Crippen LogP contribution in [-0.4, -0.2) is 12.5 Å². The van der Waals surface area contributed by atoms with Gasteiger partial charge in [-0.2, -0.15) is 0 Å². The van der Waals surface area contributed by atoms with Gasteiger partial charge in [-0.15, -0.1) is 0 Å². The van der Waals surface area contributed by atoms with Gasteiger partial charge >= 0.3 is 0 Å². The summed E-state index contributed by atoms with van der Waals surface area (Å²) in [6, 6.07) is 15.9. The van der Waals surface area contributed by atoms with Crippen molar-refractivity contribution in [1.82, 2.24) is 5.32 Å². The quantitative estimate of drug-likeness (QED) is 0.872. The Balaban J connectivity index is 2.05. The Kier molecular flexibility index (Phi) is 5.12. The van der Waals surface area contributed by atoms with Crippen LogP contribution in [0.5, 0.6) is 0 Å². The second-order valence-corrected chi connectivity index (χ2v) is 5.22. The number of benzene rings is 2. The van der Waals surface area contributed by atoms with E-state index in [1.807, 2.05) is 55.5 Å². The molecule has 0 saturated carbocycles. The minimum atomic E-state index is -0.0776. The number of nitrogens with one attached hydrogen (secondary N) is 2. The summed E-state index contributed by atoms with van der Waals surface area (Å²) in [7, 11) is 0. The first kappa shape index (κ1) is 15.3. The molecule has 0 bridgehead atoms. The SMILES string of the molecule is CCNC(C)c1ccc(NC(=O)c2cccc(C)c2)cc1. The third-order valence-corrected chi connectivity index (χ3v) is 3.46. The van der Waals surface area contributed by atoms with Crippen molar-refractivity contribution in [2.24, 2.45) is 0 Å². The number of anilines is 1. The van der Waals surface area contributed by atoms with Crippen LogP contribution in [-0.2, 0) is 0 Å². The van der Waals surface area contributed by atoms with E-state index in [1.165, 1.54) is 5.56 Å². The molecule has 0 fully saturated rings. The van der Waals surface area contributed by atoms with E-state index in [0.29, 0.717) is 11.6 Å². The largest absolute Gasteiger partial charge is 0.322 e. The van der Waals surface area contributed by atoms with Gasteiger partial charge in [-0.05, 0) is 50.2 Å². The van der Waals surface area contributed by atoms with Gasteiger partial charge in [-0.25, -0.2) is 0 Å². The highest BCUT2D eigenvalue weighted by molar-refractivity contribution is 6.04. The molecule has 2 N–H and O–H groups in total. The summed E-state index contributed by atoms with van der Waals surface area (Å²) in [5.74, 6) is -0.0776. The van der Waals surface area contributed by atoms with E-state index < -0.39 is 0 Å². The maximum absolute atomic E-state index is 12.2. The molecule has 1 unspecified atom stereocenters. The topological polar surface area (TPSA) is 41.1 Å². The van der Waals surface area contributed by atoms with Gasteiger partial charge in [0.05, 0.1) is 0 Å². The summed E-state index contributed by atoms with van der Waals surface area (Å²) in [6.07, 6.45) is 0. The van der Waals surface area contributed by atoms with Gasteiger partial charge in [0, 0.05) is 17.3 Å².